The van der Waals surface area contributed by atoms with Gasteiger partial charge >= 0.3 is 0 Å². The van der Waals surface area contributed by atoms with Crippen molar-refractivity contribution < 1.29 is 9.53 Å². The molecule has 4 nitrogen and oxygen atoms in total. The lowest BCUT2D eigenvalue weighted by molar-refractivity contribution is 0.0966. The minimum Gasteiger partial charge on any atom is -0.493 e. The number of hydrogen-bond acceptors (Lipinski definition) is 3. The van der Waals surface area contributed by atoms with Crippen LogP contribution in [0.1, 0.15) is 50.0 Å². The van der Waals surface area contributed by atoms with E-state index in [2.05, 4.69) is 12.0 Å². The molecule has 0 aliphatic heterocycles. The van der Waals surface area contributed by atoms with E-state index in [4.69, 9.17) is 4.74 Å². The number of Topliss-reactive ketones (excluding diaryl/α,β-unsaturated/α-hetero) is 1. The summed E-state index contributed by atoms with van der Waals surface area (Å²) in [6.45, 7) is 4.79. The van der Waals surface area contributed by atoms with E-state index in [1.807, 2.05) is 6.92 Å². The molecule has 0 amide bonds. The number of carbonyl (C=O) groups excluding carboxylic acids is 1. The summed E-state index contributed by atoms with van der Waals surface area (Å²) in [5.74, 6) is 0.716. The van der Waals surface area contributed by atoms with Gasteiger partial charge in [0.25, 0.3) is 0 Å². The topological polar surface area (TPSA) is 44.1 Å². The van der Waals surface area contributed by atoms with Crippen molar-refractivity contribution in [3.63, 3.8) is 0 Å². The highest BCUT2D eigenvalue weighted by Crippen LogP contribution is 2.20. The van der Waals surface area contributed by atoms with E-state index in [9.17, 15) is 4.79 Å². The van der Waals surface area contributed by atoms with Gasteiger partial charge in [0.1, 0.15) is 5.69 Å². The molecule has 0 aromatic carbocycles. The minimum absolute atomic E-state index is 0.129. The van der Waals surface area contributed by atoms with Crippen LogP contribution in [0.3, 0.4) is 0 Å². The molecule has 1 aromatic heterocycles. The molecule has 16 heavy (non-hydrogen) atoms. The molecule has 0 atom stereocenters. The molecule has 4 heteroatoms. The number of hydrogen-bond donors (Lipinski definition) is 0. The van der Waals surface area contributed by atoms with Gasteiger partial charge in [-0.25, -0.2) is 0 Å². The summed E-state index contributed by atoms with van der Waals surface area (Å²) < 4.78 is 6.85. The van der Waals surface area contributed by atoms with Crippen LogP contribution in [-0.4, -0.2) is 22.7 Å². The largest absolute Gasteiger partial charge is 0.493 e. The molecule has 1 rings (SSSR count). The first-order valence-corrected chi connectivity index (χ1v) is 5.87. The smallest absolute Gasteiger partial charge is 0.184 e. The van der Waals surface area contributed by atoms with Crippen LogP contribution < -0.4 is 4.74 Å². The van der Waals surface area contributed by atoms with E-state index in [-0.39, 0.29) is 5.78 Å². The summed E-state index contributed by atoms with van der Waals surface area (Å²) >= 11 is 0. The van der Waals surface area contributed by atoms with Gasteiger partial charge in [0.15, 0.2) is 11.5 Å². The average molecular weight is 224 g/mol. The molecule has 90 valence electrons. The number of carbonyl (C=O) groups is 1. The minimum atomic E-state index is 0.129. The lowest BCUT2D eigenvalue weighted by Gasteiger charge is -2.05. The Balaban J connectivity index is 2.75. The van der Waals surface area contributed by atoms with Gasteiger partial charge < -0.3 is 4.74 Å². The van der Waals surface area contributed by atoms with Crippen molar-refractivity contribution in [2.45, 2.75) is 46.1 Å². The van der Waals surface area contributed by atoms with Crippen LogP contribution in [0.15, 0.2) is 6.20 Å². The van der Waals surface area contributed by atoms with Crippen LogP contribution in [-0.2, 0) is 6.54 Å². The summed E-state index contributed by atoms with van der Waals surface area (Å²) in [6.07, 6.45) is 5.34. The molecule has 0 aliphatic rings. The maximum Gasteiger partial charge on any atom is 0.184 e. The Bertz CT molecular complexity index is 323. The van der Waals surface area contributed by atoms with Crippen molar-refractivity contribution in [1.29, 1.82) is 0 Å². The van der Waals surface area contributed by atoms with Gasteiger partial charge in [-0.15, -0.1) is 0 Å². The zero-order valence-corrected chi connectivity index (χ0v) is 10.3. The molecule has 0 spiro atoms. The predicted molar refractivity (Wildman–Crippen MR) is 62.9 cm³/mol. The monoisotopic (exact) mass is 224 g/mol. The molecular formula is C12H20N2O2. The van der Waals surface area contributed by atoms with Crippen LogP contribution in [0.5, 0.6) is 5.75 Å². The highest BCUT2D eigenvalue weighted by molar-refractivity contribution is 5.96. The summed E-state index contributed by atoms with van der Waals surface area (Å²) in [5.41, 5.74) is 0.612. The van der Waals surface area contributed by atoms with Crippen molar-refractivity contribution in [1.82, 2.24) is 9.78 Å². The molecule has 0 saturated heterocycles. The third kappa shape index (κ3) is 2.84. The first-order valence-electron chi connectivity index (χ1n) is 5.87. The maximum atomic E-state index is 12.0. The third-order valence-electron chi connectivity index (χ3n) is 2.60. The van der Waals surface area contributed by atoms with Crippen molar-refractivity contribution in [2.24, 2.45) is 0 Å². The SMILES string of the molecule is CCCCCC(=O)c1c(OC)cnn1CC. The fourth-order valence-corrected chi connectivity index (χ4v) is 1.69. The molecular weight excluding hydrogens is 204 g/mol. The average Bonchev–Trinajstić information content (AvgIpc) is 2.71. The fraction of sp³-hybridized carbons (Fsp3) is 0.667. The molecule has 0 saturated carbocycles. The van der Waals surface area contributed by atoms with Crippen LogP contribution in [0.25, 0.3) is 0 Å². The first kappa shape index (κ1) is 12.7. The van der Waals surface area contributed by atoms with E-state index < -0.39 is 0 Å². The number of ether oxygens (including phenoxy) is 1. The predicted octanol–water partition coefficient (Wildman–Crippen LogP) is 2.67. The zero-order valence-electron chi connectivity index (χ0n) is 10.3. The fourth-order valence-electron chi connectivity index (χ4n) is 1.69. The van der Waals surface area contributed by atoms with Gasteiger partial charge in [0, 0.05) is 13.0 Å². The zero-order chi connectivity index (χ0) is 12.0. The van der Waals surface area contributed by atoms with Crippen molar-refractivity contribution in [3.05, 3.63) is 11.9 Å². The summed E-state index contributed by atoms with van der Waals surface area (Å²) in [7, 11) is 1.57. The van der Waals surface area contributed by atoms with E-state index in [0.29, 0.717) is 24.4 Å². The van der Waals surface area contributed by atoms with Crippen LogP contribution >= 0.6 is 0 Å². The lowest BCUT2D eigenvalue weighted by Crippen LogP contribution is -2.10. The molecule has 0 bridgehead atoms. The highest BCUT2D eigenvalue weighted by Gasteiger charge is 2.17. The van der Waals surface area contributed by atoms with E-state index in [0.717, 1.165) is 19.3 Å². The number of unbranched alkanes of at least 4 members (excludes halogenated alkanes) is 2. The first-order chi connectivity index (χ1) is 7.74. The Morgan fingerprint density at radius 1 is 1.44 bits per heavy atom. The summed E-state index contributed by atoms with van der Waals surface area (Å²) in [6, 6.07) is 0. The van der Waals surface area contributed by atoms with E-state index in [1.54, 1.807) is 18.0 Å². The van der Waals surface area contributed by atoms with Gasteiger partial charge in [-0.05, 0) is 13.3 Å². The summed E-state index contributed by atoms with van der Waals surface area (Å²) in [4.78, 5) is 12.0. The van der Waals surface area contributed by atoms with E-state index >= 15 is 0 Å². The van der Waals surface area contributed by atoms with E-state index in [1.165, 1.54) is 0 Å². The maximum absolute atomic E-state index is 12.0. The number of rotatable bonds is 7. The number of ketones is 1. The number of aromatic nitrogens is 2. The van der Waals surface area contributed by atoms with Gasteiger partial charge in [0.2, 0.25) is 0 Å². The van der Waals surface area contributed by atoms with Crippen molar-refractivity contribution in [3.8, 4) is 5.75 Å². The molecule has 0 aliphatic carbocycles. The second-order valence-corrected chi connectivity index (χ2v) is 3.76. The number of methoxy groups -OCH3 is 1. The molecule has 0 radical (unpaired) electrons. The second-order valence-electron chi connectivity index (χ2n) is 3.76. The molecule has 0 unspecified atom stereocenters. The van der Waals surface area contributed by atoms with Crippen LogP contribution in [0.4, 0.5) is 0 Å². The lowest BCUT2D eigenvalue weighted by atomic mass is 10.1. The molecule has 0 fully saturated rings. The van der Waals surface area contributed by atoms with Crippen molar-refractivity contribution >= 4 is 5.78 Å². The molecule has 1 aromatic rings. The Hall–Kier alpha value is -1.32. The number of nitrogens with zero attached hydrogens (tertiary/aromatic N) is 2. The van der Waals surface area contributed by atoms with Crippen LogP contribution in [0.2, 0.25) is 0 Å². The van der Waals surface area contributed by atoms with Gasteiger partial charge in [-0.2, -0.15) is 5.10 Å². The Labute approximate surface area is 96.6 Å². The quantitative estimate of drug-likeness (QED) is 0.528. The number of aryl methyl sites for hydroxylation is 1. The Morgan fingerprint density at radius 3 is 2.75 bits per heavy atom. The van der Waals surface area contributed by atoms with Gasteiger partial charge in [-0.3, -0.25) is 9.48 Å². The third-order valence-corrected chi connectivity index (χ3v) is 2.60. The highest BCUT2D eigenvalue weighted by atomic mass is 16.5. The van der Waals surface area contributed by atoms with Gasteiger partial charge in [-0.1, -0.05) is 19.8 Å². The van der Waals surface area contributed by atoms with Crippen LogP contribution in [0, 0.1) is 0 Å². The summed E-state index contributed by atoms with van der Waals surface area (Å²) in [5, 5.41) is 4.13. The normalized spacial score (nSPS) is 10.4. The standard InChI is InChI=1S/C12H20N2O2/c1-4-6-7-8-10(15)12-11(16-3)9-13-14(12)5-2/h9H,4-8H2,1-3H3. The molecule has 1 heterocycles. The Kier molecular flexibility index (Phi) is 5.02. The Morgan fingerprint density at radius 2 is 2.19 bits per heavy atom. The second kappa shape index (κ2) is 6.30. The van der Waals surface area contributed by atoms with Gasteiger partial charge in [0.05, 0.1) is 13.3 Å². The molecule has 0 N–H and O–H groups in total. The van der Waals surface area contributed by atoms with Crippen molar-refractivity contribution in [2.75, 3.05) is 7.11 Å².